The monoisotopic (exact) mass is 246 g/mol. The SMILES string of the molecule is COC(=O)[C@@H]1CCCC[C@@H](c2ccccc2)C1=O. The molecule has 2 rings (SSSR count). The number of hydrogen-bond acceptors (Lipinski definition) is 3. The van der Waals surface area contributed by atoms with Gasteiger partial charge in [0.15, 0.2) is 5.78 Å². The molecule has 1 aromatic carbocycles. The molecule has 1 aliphatic rings. The number of methoxy groups -OCH3 is 1. The van der Waals surface area contributed by atoms with Crippen molar-refractivity contribution < 1.29 is 14.3 Å². The molecule has 3 heteroatoms. The molecule has 0 amide bonds. The molecule has 1 aliphatic carbocycles. The first-order valence-corrected chi connectivity index (χ1v) is 6.40. The van der Waals surface area contributed by atoms with Crippen LogP contribution in [-0.2, 0) is 14.3 Å². The van der Waals surface area contributed by atoms with Crippen LogP contribution in [0.5, 0.6) is 0 Å². The Morgan fingerprint density at radius 1 is 1.17 bits per heavy atom. The number of Topliss-reactive ketones (excluding diaryl/α,β-unsaturated/α-hetero) is 1. The molecule has 0 saturated heterocycles. The minimum Gasteiger partial charge on any atom is -0.468 e. The fourth-order valence-corrected chi connectivity index (χ4v) is 2.62. The predicted octanol–water partition coefficient (Wildman–Crippen LogP) is 2.70. The van der Waals surface area contributed by atoms with Crippen LogP contribution < -0.4 is 0 Å². The first kappa shape index (κ1) is 12.8. The van der Waals surface area contributed by atoms with Gasteiger partial charge in [-0.3, -0.25) is 9.59 Å². The van der Waals surface area contributed by atoms with Crippen LogP contribution in [0.15, 0.2) is 30.3 Å². The first-order valence-electron chi connectivity index (χ1n) is 6.40. The third kappa shape index (κ3) is 2.61. The van der Waals surface area contributed by atoms with E-state index in [1.807, 2.05) is 30.3 Å². The van der Waals surface area contributed by atoms with Gasteiger partial charge < -0.3 is 4.74 Å². The van der Waals surface area contributed by atoms with Gasteiger partial charge in [0.1, 0.15) is 5.92 Å². The summed E-state index contributed by atoms with van der Waals surface area (Å²) in [6.07, 6.45) is 3.35. The Labute approximate surface area is 107 Å². The molecule has 0 N–H and O–H groups in total. The van der Waals surface area contributed by atoms with E-state index in [4.69, 9.17) is 4.74 Å². The molecule has 0 aliphatic heterocycles. The second-order valence-corrected chi connectivity index (χ2v) is 4.73. The van der Waals surface area contributed by atoms with Crippen molar-refractivity contribution in [1.82, 2.24) is 0 Å². The number of esters is 1. The van der Waals surface area contributed by atoms with E-state index in [0.717, 1.165) is 24.8 Å². The molecular formula is C15H18O3. The van der Waals surface area contributed by atoms with Gasteiger partial charge in [-0.1, -0.05) is 43.2 Å². The van der Waals surface area contributed by atoms with Crippen LogP contribution >= 0.6 is 0 Å². The van der Waals surface area contributed by atoms with Gasteiger partial charge >= 0.3 is 5.97 Å². The molecule has 0 radical (unpaired) electrons. The van der Waals surface area contributed by atoms with Crippen molar-refractivity contribution in [2.24, 2.45) is 5.92 Å². The average molecular weight is 246 g/mol. The van der Waals surface area contributed by atoms with Crippen molar-refractivity contribution in [1.29, 1.82) is 0 Å². The molecule has 1 aromatic rings. The van der Waals surface area contributed by atoms with E-state index in [1.165, 1.54) is 7.11 Å². The lowest BCUT2D eigenvalue weighted by Gasteiger charge is -2.17. The molecule has 18 heavy (non-hydrogen) atoms. The molecule has 0 heterocycles. The van der Waals surface area contributed by atoms with Crippen LogP contribution in [0, 0.1) is 5.92 Å². The standard InChI is InChI=1S/C15H18O3/c1-18-15(17)13-10-6-5-9-12(14(13)16)11-7-3-2-4-8-11/h2-4,7-8,12-13H,5-6,9-10H2,1H3/t12-,13+/m0/s1. The number of ether oxygens (including phenoxy) is 1. The van der Waals surface area contributed by atoms with Crippen molar-refractivity contribution in [3.63, 3.8) is 0 Å². The maximum atomic E-state index is 12.4. The van der Waals surface area contributed by atoms with E-state index in [-0.39, 0.29) is 17.7 Å². The Hall–Kier alpha value is -1.64. The van der Waals surface area contributed by atoms with Gasteiger partial charge in [-0.25, -0.2) is 0 Å². The summed E-state index contributed by atoms with van der Waals surface area (Å²) in [5.41, 5.74) is 1.01. The quantitative estimate of drug-likeness (QED) is 0.458. The van der Waals surface area contributed by atoms with Crippen LogP contribution in [0.1, 0.15) is 37.2 Å². The number of carbonyl (C=O) groups excluding carboxylic acids is 2. The van der Waals surface area contributed by atoms with E-state index in [2.05, 4.69) is 0 Å². The summed E-state index contributed by atoms with van der Waals surface area (Å²) in [6, 6.07) is 9.72. The molecule has 1 fully saturated rings. The van der Waals surface area contributed by atoms with Gasteiger partial charge in [-0.05, 0) is 18.4 Å². The van der Waals surface area contributed by atoms with E-state index in [1.54, 1.807) is 0 Å². The summed E-state index contributed by atoms with van der Waals surface area (Å²) in [5.74, 6) is -1.10. The van der Waals surface area contributed by atoms with Crippen LogP contribution in [0.3, 0.4) is 0 Å². The topological polar surface area (TPSA) is 43.4 Å². The van der Waals surface area contributed by atoms with Crippen LogP contribution in [0.2, 0.25) is 0 Å². The third-order valence-electron chi connectivity index (χ3n) is 3.61. The van der Waals surface area contributed by atoms with Crippen molar-refractivity contribution in [2.45, 2.75) is 31.6 Å². The molecule has 0 bridgehead atoms. The number of ketones is 1. The second-order valence-electron chi connectivity index (χ2n) is 4.73. The Morgan fingerprint density at radius 3 is 2.50 bits per heavy atom. The lowest BCUT2D eigenvalue weighted by Crippen LogP contribution is -2.28. The smallest absolute Gasteiger partial charge is 0.316 e. The highest BCUT2D eigenvalue weighted by Gasteiger charge is 2.35. The van der Waals surface area contributed by atoms with Crippen molar-refractivity contribution in [3.8, 4) is 0 Å². The lowest BCUT2D eigenvalue weighted by molar-refractivity contribution is -0.149. The van der Waals surface area contributed by atoms with Gasteiger partial charge in [0.25, 0.3) is 0 Å². The molecule has 0 unspecified atom stereocenters. The maximum absolute atomic E-state index is 12.4. The van der Waals surface area contributed by atoms with Crippen LogP contribution in [0.25, 0.3) is 0 Å². The highest BCUT2D eigenvalue weighted by Crippen LogP contribution is 2.32. The Morgan fingerprint density at radius 2 is 1.83 bits per heavy atom. The minimum atomic E-state index is -0.581. The fourth-order valence-electron chi connectivity index (χ4n) is 2.62. The number of hydrogen-bond donors (Lipinski definition) is 0. The zero-order chi connectivity index (χ0) is 13.0. The summed E-state index contributed by atoms with van der Waals surface area (Å²) < 4.78 is 4.74. The maximum Gasteiger partial charge on any atom is 0.316 e. The number of carbonyl (C=O) groups is 2. The normalized spacial score (nSPS) is 24.4. The summed E-state index contributed by atoms with van der Waals surface area (Å²) in [5, 5.41) is 0. The largest absolute Gasteiger partial charge is 0.468 e. The van der Waals surface area contributed by atoms with Gasteiger partial charge in [-0.15, -0.1) is 0 Å². The van der Waals surface area contributed by atoms with Crippen molar-refractivity contribution in [2.75, 3.05) is 7.11 Å². The van der Waals surface area contributed by atoms with Crippen molar-refractivity contribution >= 4 is 11.8 Å². The van der Waals surface area contributed by atoms with E-state index >= 15 is 0 Å². The highest BCUT2D eigenvalue weighted by molar-refractivity contribution is 6.02. The van der Waals surface area contributed by atoms with Gasteiger partial charge in [0.2, 0.25) is 0 Å². The van der Waals surface area contributed by atoms with E-state index < -0.39 is 5.92 Å². The Kier molecular flexibility index (Phi) is 4.13. The van der Waals surface area contributed by atoms with E-state index in [9.17, 15) is 9.59 Å². The zero-order valence-corrected chi connectivity index (χ0v) is 10.6. The van der Waals surface area contributed by atoms with E-state index in [0.29, 0.717) is 6.42 Å². The minimum absolute atomic E-state index is 0.0190. The molecule has 2 atom stereocenters. The second kappa shape index (κ2) is 5.80. The van der Waals surface area contributed by atoms with Gasteiger partial charge in [-0.2, -0.15) is 0 Å². The predicted molar refractivity (Wildman–Crippen MR) is 68.2 cm³/mol. The fraction of sp³-hybridized carbons (Fsp3) is 0.467. The molecule has 3 nitrogen and oxygen atoms in total. The number of rotatable bonds is 2. The number of benzene rings is 1. The Balaban J connectivity index is 2.25. The average Bonchev–Trinajstić information content (AvgIpc) is 2.61. The summed E-state index contributed by atoms with van der Waals surface area (Å²) in [7, 11) is 1.35. The summed E-state index contributed by atoms with van der Waals surface area (Å²) >= 11 is 0. The lowest BCUT2D eigenvalue weighted by atomic mass is 9.86. The highest BCUT2D eigenvalue weighted by atomic mass is 16.5. The van der Waals surface area contributed by atoms with Gasteiger partial charge in [0.05, 0.1) is 7.11 Å². The van der Waals surface area contributed by atoms with Crippen molar-refractivity contribution in [3.05, 3.63) is 35.9 Å². The first-order chi connectivity index (χ1) is 8.74. The molecular weight excluding hydrogens is 228 g/mol. The Bertz CT molecular complexity index is 425. The van der Waals surface area contributed by atoms with Gasteiger partial charge in [0, 0.05) is 5.92 Å². The molecule has 96 valence electrons. The molecule has 0 aromatic heterocycles. The van der Waals surface area contributed by atoms with Crippen LogP contribution in [-0.4, -0.2) is 18.9 Å². The zero-order valence-electron chi connectivity index (χ0n) is 10.6. The third-order valence-corrected chi connectivity index (χ3v) is 3.61. The molecule has 1 saturated carbocycles. The van der Waals surface area contributed by atoms with Crippen LogP contribution in [0.4, 0.5) is 0 Å². The summed E-state index contributed by atoms with van der Waals surface area (Å²) in [4.78, 5) is 24.1. The summed E-state index contributed by atoms with van der Waals surface area (Å²) in [6.45, 7) is 0. The molecule has 0 spiro atoms.